The lowest BCUT2D eigenvalue weighted by Crippen LogP contribution is -2.42. The molecule has 1 rings (SSSR count). The Morgan fingerprint density at radius 1 is 1.60 bits per heavy atom. The summed E-state index contributed by atoms with van der Waals surface area (Å²) < 4.78 is 0. The summed E-state index contributed by atoms with van der Waals surface area (Å²) in [7, 11) is 1.59. The van der Waals surface area contributed by atoms with Gasteiger partial charge in [0.05, 0.1) is 12.2 Å². The number of hydrogen-bond donors (Lipinski definition) is 3. The Balaban J connectivity index is 2.35. The van der Waals surface area contributed by atoms with E-state index < -0.39 is 0 Å². The first-order valence-electron chi connectivity index (χ1n) is 4.39. The second kappa shape index (κ2) is 5.92. The summed E-state index contributed by atoms with van der Waals surface area (Å²) in [4.78, 5) is 7.86. The van der Waals surface area contributed by atoms with Crippen molar-refractivity contribution in [1.29, 1.82) is 0 Å². The number of aliphatic imine (C=N–C) groups is 1. The minimum Gasteiger partial charge on any atom is -0.370 e. The quantitative estimate of drug-likeness (QED) is 0.373. The minimum atomic E-state index is 0.286. The molecule has 0 fully saturated rings. The van der Waals surface area contributed by atoms with E-state index in [1.165, 1.54) is 0 Å². The predicted molar refractivity (Wildman–Crippen MR) is 64.4 cm³/mol. The fourth-order valence-corrected chi connectivity index (χ4v) is 1.07. The highest BCUT2D eigenvalue weighted by Gasteiger charge is 1.97. The van der Waals surface area contributed by atoms with Crippen LogP contribution in [0.15, 0.2) is 29.4 Å². The second-order valence-corrected chi connectivity index (χ2v) is 3.15. The van der Waals surface area contributed by atoms with Gasteiger partial charge in [-0.3, -0.25) is 9.98 Å². The third-order valence-corrected chi connectivity index (χ3v) is 1.89. The first-order chi connectivity index (χ1) is 7.22. The first-order valence-corrected chi connectivity index (χ1v) is 4.80. The fraction of sp³-hybridized carbons (Fsp3) is 0.222. The third-order valence-electron chi connectivity index (χ3n) is 1.64. The maximum absolute atomic E-state index is 5.44. The highest BCUT2D eigenvalue weighted by molar-refractivity contribution is 7.80. The van der Waals surface area contributed by atoms with E-state index in [2.05, 4.69) is 20.6 Å². The summed E-state index contributed by atoms with van der Waals surface area (Å²) in [5, 5.41) is 6.12. The van der Waals surface area contributed by atoms with Crippen LogP contribution >= 0.6 is 12.2 Å². The number of nitrogens with one attached hydrogen (secondary N) is 2. The Morgan fingerprint density at radius 2 is 2.40 bits per heavy atom. The number of nitrogens with zero attached hydrogens (tertiary/aromatic N) is 2. The van der Waals surface area contributed by atoms with Gasteiger partial charge in [0, 0.05) is 13.2 Å². The first kappa shape index (κ1) is 11.4. The van der Waals surface area contributed by atoms with Crippen LogP contribution in [0.5, 0.6) is 0 Å². The maximum Gasteiger partial charge on any atom is 0.194 e. The highest BCUT2D eigenvalue weighted by atomic mass is 32.1. The van der Waals surface area contributed by atoms with E-state index in [0.29, 0.717) is 11.7 Å². The van der Waals surface area contributed by atoms with Gasteiger partial charge in [-0.2, -0.15) is 0 Å². The van der Waals surface area contributed by atoms with Crippen molar-refractivity contribution >= 4 is 23.3 Å². The van der Waals surface area contributed by atoms with Crippen LogP contribution in [-0.2, 0) is 6.54 Å². The van der Waals surface area contributed by atoms with Crippen LogP contribution in [0.1, 0.15) is 5.69 Å². The van der Waals surface area contributed by atoms with E-state index in [-0.39, 0.29) is 5.96 Å². The fourth-order valence-electron chi connectivity index (χ4n) is 0.890. The van der Waals surface area contributed by atoms with Crippen LogP contribution in [0.2, 0.25) is 0 Å². The van der Waals surface area contributed by atoms with E-state index >= 15 is 0 Å². The number of rotatable bonds is 2. The summed E-state index contributed by atoms with van der Waals surface area (Å²) >= 11 is 4.98. The standard InChI is InChI=1S/C9H13N5S/c1-11-8(10)14-9(15)13-6-7-4-2-3-5-12-7/h2-5H,6H2,1H3,(H4,10,11,13,14,15). The Kier molecular flexibility index (Phi) is 4.49. The molecule has 1 heterocycles. The molecule has 0 radical (unpaired) electrons. The zero-order valence-electron chi connectivity index (χ0n) is 8.40. The summed E-state index contributed by atoms with van der Waals surface area (Å²) in [6, 6.07) is 5.69. The van der Waals surface area contributed by atoms with Gasteiger partial charge < -0.3 is 16.4 Å². The third kappa shape index (κ3) is 4.37. The molecule has 1 aromatic rings. The Labute approximate surface area is 93.8 Å². The van der Waals surface area contributed by atoms with Crippen LogP contribution in [0, 0.1) is 0 Å². The smallest absolute Gasteiger partial charge is 0.194 e. The lowest BCUT2D eigenvalue weighted by atomic mass is 10.3. The molecule has 0 saturated carbocycles. The summed E-state index contributed by atoms with van der Waals surface area (Å²) in [6.07, 6.45) is 1.73. The van der Waals surface area contributed by atoms with Crippen LogP contribution in [0.3, 0.4) is 0 Å². The molecular formula is C9H13N5S. The largest absolute Gasteiger partial charge is 0.370 e. The molecular weight excluding hydrogens is 210 g/mol. The van der Waals surface area contributed by atoms with Crippen LogP contribution in [0.4, 0.5) is 0 Å². The SMILES string of the molecule is CN=C(N)NC(=S)NCc1ccccn1. The van der Waals surface area contributed by atoms with Crippen molar-refractivity contribution in [2.45, 2.75) is 6.54 Å². The number of aromatic nitrogens is 1. The van der Waals surface area contributed by atoms with E-state index in [9.17, 15) is 0 Å². The summed E-state index contributed by atoms with van der Waals surface area (Å²) in [6.45, 7) is 0.559. The molecule has 0 aliphatic heterocycles. The van der Waals surface area contributed by atoms with E-state index in [4.69, 9.17) is 18.0 Å². The summed E-state index contributed by atoms with van der Waals surface area (Å²) in [5.74, 6) is 0.286. The van der Waals surface area contributed by atoms with Crippen molar-refractivity contribution in [3.63, 3.8) is 0 Å². The lowest BCUT2D eigenvalue weighted by Gasteiger charge is -2.08. The monoisotopic (exact) mass is 223 g/mol. The van der Waals surface area contributed by atoms with Crippen molar-refractivity contribution < 1.29 is 0 Å². The van der Waals surface area contributed by atoms with Crippen LogP contribution in [0.25, 0.3) is 0 Å². The van der Waals surface area contributed by atoms with E-state index in [1.54, 1.807) is 13.2 Å². The van der Waals surface area contributed by atoms with Crippen molar-refractivity contribution in [2.75, 3.05) is 7.05 Å². The van der Waals surface area contributed by atoms with Gasteiger partial charge in [0.2, 0.25) is 0 Å². The van der Waals surface area contributed by atoms with E-state index in [0.717, 1.165) is 5.69 Å². The average Bonchev–Trinajstić information content (AvgIpc) is 2.27. The number of hydrogen-bond acceptors (Lipinski definition) is 3. The molecule has 0 spiro atoms. The molecule has 0 saturated heterocycles. The predicted octanol–water partition coefficient (Wildman–Crippen LogP) is -0.00980. The van der Waals surface area contributed by atoms with Crippen molar-refractivity contribution in [3.8, 4) is 0 Å². The maximum atomic E-state index is 5.44. The molecule has 0 aliphatic carbocycles. The molecule has 6 heteroatoms. The Bertz CT molecular complexity index is 349. The number of nitrogens with two attached hydrogens (primary N) is 1. The van der Waals surface area contributed by atoms with Gasteiger partial charge in [0.15, 0.2) is 11.1 Å². The lowest BCUT2D eigenvalue weighted by molar-refractivity contribution is 0.867. The molecule has 5 nitrogen and oxygen atoms in total. The molecule has 4 N–H and O–H groups in total. The number of thiocarbonyl (C=S) groups is 1. The van der Waals surface area contributed by atoms with Gasteiger partial charge in [-0.05, 0) is 24.4 Å². The second-order valence-electron chi connectivity index (χ2n) is 2.74. The molecule has 15 heavy (non-hydrogen) atoms. The topological polar surface area (TPSA) is 75.3 Å². The summed E-state index contributed by atoms with van der Waals surface area (Å²) in [5.41, 5.74) is 6.35. The van der Waals surface area contributed by atoms with Crippen LogP contribution in [-0.4, -0.2) is 23.1 Å². The van der Waals surface area contributed by atoms with Gasteiger partial charge in [-0.25, -0.2) is 0 Å². The Hall–Kier alpha value is -1.69. The molecule has 0 bridgehead atoms. The van der Waals surface area contributed by atoms with Gasteiger partial charge >= 0.3 is 0 Å². The molecule has 0 aliphatic rings. The van der Waals surface area contributed by atoms with Gasteiger partial charge in [-0.1, -0.05) is 6.07 Å². The minimum absolute atomic E-state index is 0.286. The molecule has 80 valence electrons. The number of pyridine rings is 1. The highest BCUT2D eigenvalue weighted by Crippen LogP contribution is 1.91. The number of guanidine groups is 1. The molecule has 0 unspecified atom stereocenters. The average molecular weight is 223 g/mol. The Morgan fingerprint density at radius 3 is 3.00 bits per heavy atom. The normalized spacial score (nSPS) is 10.9. The van der Waals surface area contributed by atoms with Gasteiger partial charge in [0.25, 0.3) is 0 Å². The van der Waals surface area contributed by atoms with Gasteiger partial charge in [-0.15, -0.1) is 0 Å². The molecule has 1 aromatic heterocycles. The molecule has 0 atom stereocenters. The van der Waals surface area contributed by atoms with Crippen molar-refractivity contribution in [3.05, 3.63) is 30.1 Å². The van der Waals surface area contributed by atoms with Crippen LogP contribution < -0.4 is 16.4 Å². The zero-order valence-corrected chi connectivity index (χ0v) is 9.21. The molecule has 0 aromatic carbocycles. The van der Waals surface area contributed by atoms with E-state index in [1.807, 2.05) is 18.2 Å². The van der Waals surface area contributed by atoms with Crippen molar-refractivity contribution in [1.82, 2.24) is 15.6 Å². The van der Waals surface area contributed by atoms with Crippen molar-refractivity contribution in [2.24, 2.45) is 10.7 Å². The molecule has 0 amide bonds. The zero-order chi connectivity index (χ0) is 11.1. The van der Waals surface area contributed by atoms with Gasteiger partial charge in [0.1, 0.15) is 0 Å².